The molecular weight excluding hydrogens is 310 g/mol. The maximum atomic E-state index is 10.5. The van der Waals surface area contributed by atoms with E-state index >= 15 is 0 Å². The predicted octanol–water partition coefficient (Wildman–Crippen LogP) is 2.74. The maximum Gasteiger partial charge on any atom is 0.133 e. The molecule has 6 heteroatoms. The molecular formula is C17H21N3O2S. The van der Waals surface area contributed by atoms with E-state index < -0.39 is 6.10 Å². The first-order valence-electron chi connectivity index (χ1n) is 8.20. The van der Waals surface area contributed by atoms with Crippen molar-refractivity contribution in [3.8, 4) is 0 Å². The third kappa shape index (κ3) is 3.39. The van der Waals surface area contributed by atoms with Crippen LogP contribution in [0.15, 0.2) is 29.8 Å². The molecule has 1 aliphatic heterocycles. The Morgan fingerprint density at radius 2 is 2.30 bits per heavy atom. The van der Waals surface area contributed by atoms with Crippen LogP contribution in [0.1, 0.15) is 42.0 Å². The first-order chi connectivity index (χ1) is 11.3. The molecule has 0 amide bonds. The average Bonchev–Trinajstić information content (AvgIpc) is 3.29. The van der Waals surface area contributed by atoms with Crippen molar-refractivity contribution in [2.45, 2.75) is 37.3 Å². The Bertz CT molecular complexity index is 645. The minimum Gasteiger partial charge on any atom is -0.387 e. The van der Waals surface area contributed by atoms with Crippen molar-refractivity contribution >= 4 is 17.2 Å². The Kier molecular flexibility index (Phi) is 4.29. The summed E-state index contributed by atoms with van der Waals surface area (Å²) in [4.78, 5) is 12.4. The molecule has 2 atom stereocenters. The van der Waals surface area contributed by atoms with Gasteiger partial charge in [0.25, 0.3) is 0 Å². The van der Waals surface area contributed by atoms with Crippen LogP contribution in [-0.4, -0.2) is 40.9 Å². The lowest BCUT2D eigenvalue weighted by atomic mass is 10.1. The summed E-state index contributed by atoms with van der Waals surface area (Å²) >= 11 is 1.60. The number of aromatic nitrogens is 2. The molecule has 1 aliphatic carbocycles. The van der Waals surface area contributed by atoms with E-state index in [-0.39, 0.29) is 6.04 Å². The molecule has 4 rings (SSSR count). The monoisotopic (exact) mass is 331 g/mol. The molecule has 2 unspecified atom stereocenters. The van der Waals surface area contributed by atoms with Gasteiger partial charge in [0.1, 0.15) is 11.6 Å². The predicted molar refractivity (Wildman–Crippen MR) is 89.9 cm³/mol. The normalized spacial score (nSPS) is 23.0. The molecule has 122 valence electrons. The summed E-state index contributed by atoms with van der Waals surface area (Å²) in [5, 5.41) is 12.5. The van der Waals surface area contributed by atoms with E-state index in [1.807, 2.05) is 29.8 Å². The van der Waals surface area contributed by atoms with Gasteiger partial charge in [-0.2, -0.15) is 0 Å². The zero-order chi connectivity index (χ0) is 15.6. The summed E-state index contributed by atoms with van der Waals surface area (Å²) in [6, 6.07) is 6.08. The van der Waals surface area contributed by atoms with E-state index in [0.717, 1.165) is 23.1 Å². The van der Waals surface area contributed by atoms with Crippen molar-refractivity contribution in [1.29, 1.82) is 0 Å². The van der Waals surface area contributed by atoms with Gasteiger partial charge in [-0.3, -0.25) is 0 Å². The third-order valence-electron chi connectivity index (χ3n) is 4.49. The van der Waals surface area contributed by atoms with E-state index in [4.69, 9.17) is 9.72 Å². The Morgan fingerprint density at radius 1 is 1.39 bits per heavy atom. The van der Waals surface area contributed by atoms with Crippen molar-refractivity contribution in [1.82, 2.24) is 9.97 Å². The van der Waals surface area contributed by atoms with Crippen LogP contribution in [0.25, 0.3) is 0 Å². The topological polar surface area (TPSA) is 58.5 Å². The molecule has 5 nitrogen and oxygen atoms in total. The van der Waals surface area contributed by atoms with Crippen molar-refractivity contribution in [3.63, 3.8) is 0 Å². The Labute approximate surface area is 140 Å². The fraction of sp³-hybridized carbons (Fsp3) is 0.529. The lowest BCUT2D eigenvalue weighted by Crippen LogP contribution is -2.46. The van der Waals surface area contributed by atoms with Gasteiger partial charge in [0, 0.05) is 30.0 Å². The average molecular weight is 331 g/mol. The molecule has 0 radical (unpaired) electrons. The molecule has 2 fully saturated rings. The van der Waals surface area contributed by atoms with E-state index in [1.165, 1.54) is 12.8 Å². The van der Waals surface area contributed by atoms with Gasteiger partial charge in [0.05, 0.1) is 25.4 Å². The number of hydrogen-bond acceptors (Lipinski definition) is 6. The number of aliphatic hydroxyl groups excluding tert-OH is 1. The quantitative estimate of drug-likeness (QED) is 0.913. The van der Waals surface area contributed by atoms with Crippen LogP contribution in [0.3, 0.4) is 0 Å². The van der Waals surface area contributed by atoms with Crippen LogP contribution < -0.4 is 4.90 Å². The van der Waals surface area contributed by atoms with Gasteiger partial charge in [-0.15, -0.1) is 11.3 Å². The van der Waals surface area contributed by atoms with Crippen molar-refractivity contribution in [3.05, 3.63) is 40.5 Å². The van der Waals surface area contributed by atoms with E-state index in [2.05, 4.69) is 9.88 Å². The fourth-order valence-corrected chi connectivity index (χ4v) is 3.79. The number of morpholine rings is 1. The van der Waals surface area contributed by atoms with Gasteiger partial charge < -0.3 is 14.7 Å². The summed E-state index contributed by atoms with van der Waals surface area (Å²) < 4.78 is 5.65. The first kappa shape index (κ1) is 15.1. The minimum absolute atomic E-state index is 0.141. The van der Waals surface area contributed by atoms with Gasteiger partial charge >= 0.3 is 0 Å². The Balaban J connectivity index is 1.52. The molecule has 0 aromatic carbocycles. The zero-order valence-electron chi connectivity index (χ0n) is 13.0. The second-order valence-electron chi connectivity index (χ2n) is 6.24. The standard InChI is InChI=1S/C17H21N3O2S/c21-14(15-2-1-9-23-15)10-13-11-22-8-7-20(13)16-5-6-18-17(19-16)12-3-4-12/h1-2,5-6,9,12-14,21H,3-4,7-8,10-11H2. The van der Waals surface area contributed by atoms with Crippen LogP contribution >= 0.6 is 11.3 Å². The molecule has 1 saturated heterocycles. The number of nitrogens with zero attached hydrogens (tertiary/aromatic N) is 3. The lowest BCUT2D eigenvalue weighted by molar-refractivity contribution is 0.0684. The van der Waals surface area contributed by atoms with Crippen molar-refractivity contribution in [2.75, 3.05) is 24.7 Å². The molecule has 2 aromatic heterocycles. The molecule has 23 heavy (non-hydrogen) atoms. The summed E-state index contributed by atoms with van der Waals surface area (Å²) in [7, 11) is 0. The van der Waals surface area contributed by atoms with Crippen LogP contribution in [0.5, 0.6) is 0 Å². The van der Waals surface area contributed by atoms with Crippen LogP contribution in [0, 0.1) is 0 Å². The smallest absolute Gasteiger partial charge is 0.133 e. The number of aliphatic hydroxyl groups is 1. The molecule has 1 saturated carbocycles. The van der Waals surface area contributed by atoms with Gasteiger partial charge in [0.15, 0.2) is 0 Å². The first-order valence-corrected chi connectivity index (χ1v) is 9.08. The number of hydrogen-bond donors (Lipinski definition) is 1. The summed E-state index contributed by atoms with van der Waals surface area (Å²) in [6.45, 7) is 2.14. The Morgan fingerprint density at radius 3 is 3.09 bits per heavy atom. The van der Waals surface area contributed by atoms with E-state index in [1.54, 1.807) is 11.3 Å². The molecule has 0 spiro atoms. The molecule has 0 bridgehead atoms. The largest absolute Gasteiger partial charge is 0.387 e. The SMILES string of the molecule is OC(CC1COCCN1c1ccnc(C2CC2)n1)c1cccs1. The zero-order valence-corrected chi connectivity index (χ0v) is 13.8. The summed E-state index contributed by atoms with van der Waals surface area (Å²) in [5.41, 5.74) is 0. The van der Waals surface area contributed by atoms with Crippen LogP contribution in [-0.2, 0) is 4.74 Å². The highest BCUT2D eigenvalue weighted by atomic mass is 32.1. The molecule has 3 heterocycles. The van der Waals surface area contributed by atoms with Gasteiger partial charge in [-0.25, -0.2) is 9.97 Å². The van der Waals surface area contributed by atoms with E-state index in [9.17, 15) is 5.11 Å². The summed E-state index contributed by atoms with van der Waals surface area (Å²) in [5.74, 6) is 2.48. The van der Waals surface area contributed by atoms with Crippen molar-refractivity contribution in [2.24, 2.45) is 0 Å². The molecule has 2 aromatic rings. The summed E-state index contributed by atoms with van der Waals surface area (Å²) in [6.07, 6.45) is 4.47. The maximum absolute atomic E-state index is 10.5. The fourth-order valence-electron chi connectivity index (χ4n) is 3.07. The van der Waals surface area contributed by atoms with E-state index in [0.29, 0.717) is 25.6 Å². The minimum atomic E-state index is -0.450. The van der Waals surface area contributed by atoms with Gasteiger partial charge in [-0.1, -0.05) is 6.07 Å². The Hall–Kier alpha value is -1.50. The highest BCUT2D eigenvalue weighted by Gasteiger charge is 2.30. The number of rotatable bonds is 5. The number of ether oxygens (including phenoxy) is 1. The molecule has 2 aliphatic rings. The second-order valence-corrected chi connectivity index (χ2v) is 7.22. The second kappa shape index (κ2) is 6.55. The highest BCUT2D eigenvalue weighted by molar-refractivity contribution is 7.10. The van der Waals surface area contributed by atoms with Crippen LogP contribution in [0.2, 0.25) is 0 Å². The van der Waals surface area contributed by atoms with Gasteiger partial charge in [0.2, 0.25) is 0 Å². The third-order valence-corrected chi connectivity index (χ3v) is 5.46. The molecule has 1 N–H and O–H groups in total. The van der Waals surface area contributed by atoms with Crippen molar-refractivity contribution < 1.29 is 9.84 Å². The number of anilines is 1. The highest BCUT2D eigenvalue weighted by Crippen LogP contribution is 2.38. The number of thiophene rings is 1. The lowest BCUT2D eigenvalue weighted by Gasteiger charge is -2.37. The van der Waals surface area contributed by atoms with Gasteiger partial charge in [-0.05, 0) is 30.4 Å². The van der Waals surface area contributed by atoms with Crippen LogP contribution in [0.4, 0.5) is 5.82 Å².